The number of hydrogen-bond acceptors (Lipinski definition) is 6. The summed E-state index contributed by atoms with van der Waals surface area (Å²) in [6, 6.07) is -1.39. The third-order valence-corrected chi connectivity index (χ3v) is 8.41. The van der Waals surface area contributed by atoms with Crippen LogP contribution < -0.4 is 10.6 Å². The number of amides is 2. The van der Waals surface area contributed by atoms with Gasteiger partial charge in [0.1, 0.15) is 12.1 Å². The van der Waals surface area contributed by atoms with Crippen LogP contribution in [0.3, 0.4) is 0 Å². The summed E-state index contributed by atoms with van der Waals surface area (Å²) in [6.07, 6.45) is 49.3. The number of esters is 1. The van der Waals surface area contributed by atoms with Gasteiger partial charge >= 0.3 is 11.9 Å². The molecule has 0 rings (SSSR count). The Morgan fingerprint density at radius 2 is 1.06 bits per heavy atom. The maximum Gasteiger partial charge on any atom is 0.328 e. The van der Waals surface area contributed by atoms with Crippen molar-refractivity contribution >= 4 is 23.8 Å². The molecule has 9 nitrogen and oxygen atoms in total. The summed E-state index contributed by atoms with van der Waals surface area (Å²) in [6.45, 7) is 3.26. The van der Waals surface area contributed by atoms with Gasteiger partial charge in [-0.3, -0.25) is 14.4 Å². The van der Waals surface area contributed by atoms with E-state index in [1.165, 1.54) is 6.42 Å². The van der Waals surface area contributed by atoms with Gasteiger partial charge < -0.3 is 25.6 Å². The van der Waals surface area contributed by atoms with Gasteiger partial charge in [0.15, 0.2) is 0 Å². The van der Waals surface area contributed by atoms with Gasteiger partial charge in [0.05, 0.1) is 13.2 Å². The monoisotopic (exact) mass is 753 g/mol. The lowest BCUT2D eigenvalue weighted by molar-refractivity contribution is -0.150. The molecule has 0 aliphatic rings. The Bertz CT molecular complexity index is 1180. The molecule has 0 heterocycles. The van der Waals surface area contributed by atoms with Crippen LogP contribution in [0.15, 0.2) is 85.1 Å². The lowest BCUT2D eigenvalue weighted by Crippen LogP contribution is -2.47. The van der Waals surface area contributed by atoms with Gasteiger partial charge in [-0.1, -0.05) is 131 Å². The molecule has 304 valence electrons. The SMILES string of the molecule is CC/C=C\C/C=C\C/C=C\C/C=C\C/C=C\C/C=C\C/C=C\CCCC(=O)OC(CCCCCC)CCCCCCC(=O)NCC(=O)NC(CO)C(=O)O. The minimum atomic E-state index is -1.39. The quantitative estimate of drug-likeness (QED) is 0.0287. The molecule has 54 heavy (non-hydrogen) atoms. The fourth-order valence-electron chi connectivity index (χ4n) is 5.29. The second kappa shape index (κ2) is 38.7. The topological polar surface area (TPSA) is 142 Å². The highest BCUT2D eigenvalue weighted by molar-refractivity contribution is 5.87. The summed E-state index contributed by atoms with van der Waals surface area (Å²) < 4.78 is 5.88. The van der Waals surface area contributed by atoms with Gasteiger partial charge in [-0.05, 0) is 89.9 Å². The molecule has 0 aromatic rings. The number of aliphatic hydroxyl groups excluding tert-OH is 1. The fraction of sp³-hybridized carbons (Fsp3) is 0.600. The maximum absolute atomic E-state index is 12.6. The number of carbonyl (C=O) groups excluding carboxylic acids is 3. The molecular formula is C45H72N2O7. The minimum absolute atomic E-state index is 0.0756. The molecule has 2 amide bonds. The summed E-state index contributed by atoms with van der Waals surface area (Å²) in [5.41, 5.74) is 0. The van der Waals surface area contributed by atoms with Crippen molar-refractivity contribution in [1.29, 1.82) is 0 Å². The van der Waals surface area contributed by atoms with Crippen LogP contribution >= 0.6 is 0 Å². The van der Waals surface area contributed by atoms with Crippen molar-refractivity contribution < 1.29 is 34.1 Å². The molecule has 0 aromatic heterocycles. The van der Waals surface area contributed by atoms with Gasteiger partial charge in [0.2, 0.25) is 11.8 Å². The Balaban J connectivity index is 4.12. The van der Waals surface area contributed by atoms with E-state index in [-0.39, 0.29) is 30.9 Å². The van der Waals surface area contributed by atoms with E-state index in [1.54, 1.807) is 0 Å². The van der Waals surface area contributed by atoms with Crippen LogP contribution in [-0.2, 0) is 23.9 Å². The highest BCUT2D eigenvalue weighted by Crippen LogP contribution is 2.17. The van der Waals surface area contributed by atoms with Crippen molar-refractivity contribution in [3.63, 3.8) is 0 Å². The maximum atomic E-state index is 12.6. The van der Waals surface area contributed by atoms with Crippen molar-refractivity contribution in [3.05, 3.63) is 85.1 Å². The normalized spacial score (nSPS) is 13.4. The third-order valence-electron chi connectivity index (χ3n) is 8.41. The first-order valence-electron chi connectivity index (χ1n) is 20.5. The molecule has 0 spiro atoms. The smallest absolute Gasteiger partial charge is 0.328 e. The van der Waals surface area contributed by atoms with E-state index >= 15 is 0 Å². The van der Waals surface area contributed by atoms with Crippen LogP contribution in [-0.4, -0.2) is 59.3 Å². The summed E-state index contributed by atoms with van der Waals surface area (Å²) in [7, 11) is 0. The summed E-state index contributed by atoms with van der Waals surface area (Å²) in [5.74, 6) is -2.42. The molecule has 0 fully saturated rings. The highest BCUT2D eigenvalue weighted by Gasteiger charge is 2.19. The number of carboxylic acids is 1. The van der Waals surface area contributed by atoms with Crippen LogP contribution in [0.1, 0.15) is 149 Å². The highest BCUT2D eigenvalue weighted by atomic mass is 16.5. The Morgan fingerprint density at radius 1 is 0.574 bits per heavy atom. The van der Waals surface area contributed by atoms with Gasteiger partial charge in [0.25, 0.3) is 0 Å². The zero-order valence-corrected chi connectivity index (χ0v) is 33.4. The van der Waals surface area contributed by atoms with Crippen LogP contribution in [0.25, 0.3) is 0 Å². The Labute approximate surface area is 326 Å². The molecule has 0 saturated heterocycles. The first-order chi connectivity index (χ1) is 26.3. The van der Waals surface area contributed by atoms with Crippen molar-refractivity contribution in [2.45, 2.75) is 161 Å². The number of allylic oxidation sites excluding steroid dienone is 14. The number of ether oxygens (including phenoxy) is 1. The minimum Gasteiger partial charge on any atom is -0.480 e. The zero-order valence-electron chi connectivity index (χ0n) is 33.4. The van der Waals surface area contributed by atoms with Crippen LogP contribution in [0.2, 0.25) is 0 Å². The van der Waals surface area contributed by atoms with Crippen molar-refractivity contribution in [1.82, 2.24) is 10.6 Å². The Hall–Kier alpha value is -3.98. The second-order valence-corrected chi connectivity index (χ2v) is 13.3. The zero-order chi connectivity index (χ0) is 39.7. The lowest BCUT2D eigenvalue weighted by Gasteiger charge is -2.18. The predicted molar refractivity (Wildman–Crippen MR) is 222 cm³/mol. The lowest BCUT2D eigenvalue weighted by atomic mass is 10.0. The number of carbonyl (C=O) groups is 4. The van der Waals surface area contributed by atoms with E-state index in [1.807, 2.05) is 0 Å². The van der Waals surface area contributed by atoms with E-state index in [0.717, 1.165) is 109 Å². The fourth-order valence-corrected chi connectivity index (χ4v) is 5.29. The predicted octanol–water partition coefficient (Wildman–Crippen LogP) is 9.70. The van der Waals surface area contributed by atoms with Crippen LogP contribution in [0.5, 0.6) is 0 Å². The largest absolute Gasteiger partial charge is 0.480 e. The number of unbranched alkanes of at least 4 members (excludes halogenated alkanes) is 7. The van der Waals surface area contributed by atoms with Crippen molar-refractivity contribution in [3.8, 4) is 0 Å². The number of hydrogen-bond donors (Lipinski definition) is 4. The Morgan fingerprint density at radius 3 is 1.54 bits per heavy atom. The van der Waals surface area contributed by atoms with Gasteiger partial charge in [-0.15, -0.1) is 0 Å². The summed E-state index contributed by atoms with van der Waals surface area (Å²) in [4.78, 5) is 47.3. The molecule has 0 saturated carbocycles. The summed E-state index contributed by atoms with van der Waals surface area (Å²) >= 11 is 0. The summed E-state index contributed by atoms with van der Waals surface area (Å²) in [5, 5.41) is 22.5. The number of nitrogens with one attached hydrogen (secondary N) is 2. The van der Waals surface area contributed by atoms with E-state index in [2.05, 4.69) is 110 Å². The molecule has 9 heteroatoms. The molecule has 0 aliphatic heterocycles. The molecule has 0 aromatic carbocycles. The Kier molecular flexibility index (Phi) is 35.9. The molecule has 0 aliphatic carbocycles. The molecule has 2 atom stereocenters. The van der Waals surface area contributed by atoms with Crippen molar-refractivity contribution in [2.24, 2.45) is 0 Å². The number of rotatable bonds is 35. The van der Waals surface area contributed by atoms with E-state index in [9.17, 15) is 19.2 Å². The molecule has 2 unspecified atom stereocenters. The molecular weight excluding hydrogens is 681 g/mol. The van der Waals surface area contributed by atoms with E-state index in [4.69, 9.17) is 14.9 Å². The number of carboxylic acid groups (broad SMARTS) is 1. The number of aliphatic hydroxyl groups is 1. The molecule has 0 bridgehead atoms. The second-order valence-electron chi connectivity index (χ2n) is 13.3. The van der Waals surface area contributed by atoms with Crippen LogP contribution in [0, 0.1) is 0 Å². The average molecular weight is 753 g/mol. The molecule has 0 radical (unpaired) electrons. The first-order valence-corrected chi connectivity index (χ1v) is 20.5. The standard InChI is InChI=1S/C45H72N2O7/c1-3-5-7-9-10-11-12-13-14-15-16-17-18-19-20-21-22-23-24-25-26-27-33-37-44(51)54-40(34-30-8-6-4-2)35-31-28-29-32-36-42(49)46-38-43(50)47-41(39-48)45(52)53/h5,7,10-11,13-14,16-17,19-20,22-23,25-26,40-41,48H,3-4,6,8-9,12,15,18,21,24,27-39H2,1-2H3,(H,46,49)(H,47,50)(H,52,53)/b7-5-,11-10-,14-13-,17-16-,20-19-,23-22-,26-25-. The van der Waals surface area contributed by atoms with Crippen LogP contribution in [0.4, 0.5) is 0 Å². The van der Waals surface area contributed by atoms with Gasteiger partial charge in [-0.25, -0.2) is 4.79 Å². The van der Waals surface area contributed by atoms with Crippen molar-refractivity contribution in [2.75, 3.05) is 13.2 Å². The average Bonchev–Trinajstić information content (AvgIpc) is 3.16. The van der Waals surface area contributed by atoms with Gasteiger partial charge in [-0.2, -0.15) is 0 Å². The van der Waals surface area contributed by atoms with E-state index in [0.29, 0.717) is 12.8 Å². The molecule has 4 N–H and O–H groups in total. The first kappa shape index (κ1) is 50.0. The van der Waals surface area contributed by atoms with E-state index < -0.39 is 24.5 Å². The van der Waals surface area contributed by atoms with Gasteiger partial charge in [0, 0.05) is 12.8 Å². The number of aliphatic carboxylic acids is 1. The third kappa shape index (κ3) is 35.1.